The molecule has 0 bridgehead atoms. The molecule has 4 aromatic rings. The van der Waals surface area contributed by atoms with Crippen LogP contribution < -0.4 is 4.74 Å². The summed E-state index contributed by atoms with van der Waals surface area (Å²) in [6.45, 7) is 0. The fourth-order valence-corrected chi connectivity index (χ4v) is 3.77. The normalized spacial score (nSPS) is 11.4. The molecule has 140 valence electrons. The van der Waals surface area contributed by atoms with Crippen molar-refractivity contribution in [3.8, 4) is 5.75 Å². The van der Waals surface area contributed by atoms with Crippen molar-refractivity contribution in [3.05, 3.63) is 83.1 Å². The molecule has 28 heavy (non-hydrogen) atoms. The predicted molar refractivity (Wildman–Crippen MR) is 115 cm³/mol. The molecule has 0 saturated heterocycles. The Morgan fingerprint density at radius 1 is 1.11 bits per heavy atom. The predicted octanol–water partition coefficient (Wildman–Crippen LogP) is 5.27. The molecule has 0 amide bonds. The molecule has 7 heteroatoms. The minimum absolute atomic E-state index is 0.713. The molecule has 0 spiro atoms. The summed E-state index contributed by atoms with van der Waals surface area (Å²) < 4.78 is 7.19. The quantitative estimate of drug-likeness (QED) is 0.322. The van der Waals surface area contributed by atoms with E-state index >= 15 is 0 Å². The second-order valence-electron chi connectivity index (χ2n) is 6.02. The largest absolute Gasteiger partial charge is 0.496 e. The van der Waals surface area contributed by atoms with Crippen LogP contribution in [0.3, 0.4) is 0 Å². The van der Waals surface area contributed by atoms with Gasteiger partial charge in [-0.2, -0.15) is 9.78 Å². The smallest absolute Gasteiger partial charge is 0.212 e. The lowest BCUT2D eigenvalue weighted by Crippen LogP contribution is -1.96. The van der Waals surface area contributed by atoms with Gasteiger partial charge in [0.25, 0.3) is 0 Å². The first-order valence-electron chi connectivity index (χ1n) is 8.62. The second kappa shape index (κ2) is 8.46. The Hall–Kier alpha value is -2.83. The van der Waals surface area contributed by atoms with E-state index in [1.807, 2.05) is 48.5 Å². The summed E-state index contributed by atoms with van der Waals surface area (Å²) in [6.07, 6.45) is 3.38. The summed E-state index contributed by atoms with van der Waals surface area (Å²) in [7, 11) is 1.66. The molecule has 0 saturated carbocycles. The highest BCUT2D eigenvalue weighted by Crippen LogP contribution is 2.27. The van der Waals surface area contributed by atoms with Crippen molar-refractivity contribution in [2.24, 2.45) is 5.10 Å². The van der Waals surface area contributed by atoms with Crippen LogP contribution in [0.15, 0.2) is 77.2 Å². The summed E-state index contributed by atoms with van der Waals surface area (Å²) >= 11 is 7.50. The first kappa shape index (κ1) is 18.5. The zero-order valence-corrected chi connectivity index (χ0v) is 16.7. The van der Waals surface area contributed by atoms with Crippen LogP contribution in [0.4, 0.5) is 0 Å². The molecule has 0 N–H and O–H groups in total. The van der Waals surface area contributed by atoms with Gasteiger partial charge in [-0.3, -0.25) is 0 Å². The highest BCUT2D eigenvalue weighted by molar-refractivity contribution is 7.98. The van der Waals surface area contributed by atoms with E-state index in [0.29, 0.717) is 5.16 Å². The fourth-order valence-electron chi connectivity index (χ4n) is 2.83. The number of aromatic nitrogens is 3. The molecule has 0 aliphatic heterocycles. The van der Waals surface area contributed by atoms with Crippen molar-refractivity contribution in [1.82, 2.24) is 14.9 Å². The number of ether oxygens (including phenoxy) is 1. The molecule has 0 aliphatic rings. The maximum absolute atomic E-state index is 5.94. The van der Waals surface area contributed by atoms with Gasteiger partial charge in [0.05, 0.1) is 13.3 Å². The van der Waals surface area contributed by atoms with Gasteiger partial charge in [-0.15, -0.1) is 10.2 Å². The fraction of sp³-hybridized carbons (Fsp3) is 0.0952. The Kier molecular flexibility index (Phi) is 5.60. The van der Waals surface area contributed by atoms with Crippen molar-refractivity contribution in [3.63, 3.8) is 0 Å². The Balaban J connectivity index is 1.59. The third-order valence-electron chi connectivity index (χ3n) is 4.24. The number of nitrogens with zero attached hydrogens (tertiary/aromatic N) is 4. The zero-order valence-electron chi connectivity index (χ0n) is 15.1. The van der Waals surface area contributed by atoms with Crippen LogP contribution in [-0.4, -0.2) is 28.2 Å². The number of halogens is 1. The van der Waals surface area contributed by atoms with E-state index in [9.17, 15) is 0 Å². The van der Waals surface area contributed by atoms with Crippen LogP contribution >= 0.6 is 23.4 Å². The Morgan fingerprint density at radius 3 is 2.75 bits per heavy atom. The Morgan fingerprint density at radius 2 is 1.93 bits per heavy atom. The van der Waals surface area contributed by atoms with Gasteiger partial charge in [-0.05, 0) is 34.5 Å². The molecule has 0 fully saturated rings. The minimum Gasteiger partial charge on any atom is -0.496 e. The van der Waals surface area contributed by atoms with Crippen molar-refractivity contribution in [1.29, 1.82) is 0 Å². The molecular weight excluding hydrogens is 392 g/mol. The van der Waals surface area contributed by atoms with Crippen LogP contribution in [0, 0.1) is 0 Å². The van der Waals surface area contributed by atoms with Crippen molar-refractivity contribution < 1.29 is 4.74 Å². The third-order valence-corrected chi connectivity index (χ3v) is 5.50. The molecule has 1 aromatic heterocycles. The summed E-state index contributed by atoms with van der Waals surface area (Å²) in [5.74, 6) is 1.52. The minimum atomic E-state index is 0.713. The van der Waals surface area contributed by atoms with Crippen LogP contribution in [0.25, 0.3) is 10.8 Å². The number of benzene rings is 3. The maximum atomic E-state index is 5.94. The summed E-state index contributed by atoms with van der Waals surface area (Å²) in [6, 6.07) is 19.9. The number of hydrogen-bond donors (Lipinski definition) is 0. The van der Waals surface area contributed by atoms with Crippen LogP contribution in [0.1, 0.15) is 11.1 Å². The van der Waals surface area contributed by atoms with E-state index in [1.165, 1.54) is 0 Å². The van der Waals surface area contributed by atoms with Gasteiger partial charge >= 0.3 is 0 Å². The van der Waals surface area contributed by atoms with Gasteiger partial charge in [-0.25, -0.2) is 0 Å². The van der Waals surface area contributed by atoms with E-state index in [0.717, 1.165) is 38.4 Å². The molecule has 3 aromatic carbocycles. The van der Waals surface area contributed by atoms with Crippen molar-refractivity contribution in [2.75, 3.05) is 7.11 Å². The SMILES string of the molecule is COc1ccc2ccccc2c1/C=N/n1cnnc1SCc1ccc(Cl)cc1. The molecule has 0 aliphatic carbocycles. The van der Waals surface area contributed by atoms with E-state index in [-0.39, 0.29) is 0 Å². The molecule has 0 radical (unpaired) electrons. The van der Waals surface area contributed by atoms with E-state index in [4.69, 9.17) is 16.3 Å². The number of rotatable bonds is 6. The molecule has 0 atom stereocenters. The number of fused-ring (bicyclic) bond motifs is 1. The number of hydrogen-bond acceptors (Lipinski definition) is 5. The average molecular weight is 409 g/mol. The number of methoxy groups -OCH3 is 1. The van der Waals surface area contributed by atoms with Crippen LogP contribution in [-0.2, 0) is 5.75 Å². The lowest BCUT2D eigenvalue weighted by atomic mass is 10.0. The lowest BCUT2D eigenvalue weighted by molar-refractivity contribution is 0.415. The maximum Gasteiger partial charge on any atom is 0.212 e. The molecular formula is C21H17ClN4OS. The van der Waals surface area contributed by atoms with E-state index < -0.39 is 0 Å². The highest BCUT2D eigenvalue weighted by atomic mass is 35.5. The van der Waals surface area contributed by atoms with E-state index in [2.05, 4.69) is 27.4 Å². The van der Waals surface area contributed by atoms with Gasteiger partial charge in [0.2, 0.25) is 5.16 Å². The standard InChI is InChI=1S/C21H17ClN4OS/c1-27-20-11-8-16-4-2-3-5-18(16)19(20)12-24-26-14-23-25-21(26)28-13-15-6-9-17(22)10-7-15/h2-12,14H,13H2,1H3/b24-12+. The Labute approximate surface area is 172 Å². The summed E-state index contributed by atoms with van der Waals surface area (Å²) in [4.78, 5) is 0. The van der Waals surface area contributed by atoms with Crippen LogP contribution in [0.2, 0.25) is 5.02 Å². The molecule has 4 rings (SSSR count). The first-order chi connectivity index (χ1) is 13.7. The molecule has 5 nitrogen and oxygen atoms in total. The topological polar surface area (TPSA) is 52.3 Å². The average Bonchev–Trinajstić information content (AvgIpc) is 3.18. The third kappa shape index (κ3) is 4.03. The zero-order chi connectivity index (χ0) is 19.3. The highest BCUT2D eigenvalue weighted by Gasteiger charge is 2.08. The monoisotopic (exact) mass is 408 g/mol. The summed E-state index contributed by atoms with van der Waals surface area (Å²) in [5.41, 5.74) is 2.08. The molecule has 0 unspecified atom stereocenters. The van der Waals surface area contributed by atoms with Gasteiger partial charge < -0.3 is 4.74 Å². The van der Waals surface area contributed by atoms with Gasteiger partial charge in [-0.1, -0.05) is 65.8 Å². The van der Waals surface area contributed by atoms with Gasteiger partial charge in [0.1, 0.15) is 12.1 Å². The van der Waals surface area contributed by atoms with Gasteiger partial charge in [0.15, 0.2) is 0 Å². The van der Waals surface area contributed by atoms with E-state index in [1.54, 1.807) is 36.1 Å². The number of thioether (sulfide) groups is 1. The Bertz CT molecular complexity index is 1120. The van der Waals surface area contributed by atoms with Crippen LogP contribution in [0.5, 0.6) is 5.75 Å². The molecule has 1 heterocycles. The van der Waals surface area contributed by atoms with Crippen molar-refractivity contribution in [2.45, 2.75) is 10.9 Å². The first-order valence-corrected chi connectivity index (χ1v) is 9.98. The lowest BCUT2D eigenvalue weighted by Gasteiger charge is -2.08. The second-order valence-corrected chi connectivity index (χ2v) is 7.40. The van der Waals surface area contributed by atoms with Gasteiger partial charge in [0, 0.05) is 16.3 Å². The summed E-state index contributed by atoms with van der Waals surface area (Å²) in [5, 5.41) is 16.4. The van der Waals surface area contributed by atoms with Crippen molar-refractivity contribution >= 4 is 40.3 Å².